The van der Waals surface area contributed by atoms with Gasteiger partial charge in [0.15, 0.2) is 0 Å². The second-order valence-electron chi connectivity index (χ2n) is 3.30. The summed E-state index contributed by atoms with van der Waals surface area (Å²) in [4.78, 5) is 2.33. The van der Waals surface area contributed by atoms with E-state index < -0.39 is 6.17 Å². The summed E-state index contributed by atoms with van der Waals surface area (Å²) in [5, 5.41) is 0. The predicted octanol–water partition coefficient (Wildman–Crippen LogP) is 2.85. The van der Waals surface area contributed by atoms with Crippen LogP contribution in [0.2, 0.25) is 0 Å². The maximum absolute atomic E-state index is 12.6. The number of hydrogen-bond acceptors (Lipinski definition) is 1. The van der Waals surface area contributed by atoms with Crippen molar-refractivity contribution in [1.82, 2.24) is 4.90 Å². The summed E-state index contributed by atoms with van der Waals surface area (Å²) in [7, 11) is 0. The highest BCUT2D eigenvalue weighted by Crippen LogP contribution is 2.14. The van der Waals surface area contributed by atoms with Crippen LogP contribution in [0.3, 0.4) is 0 Å². The first kappa shape index (κ1) is 11.9. The van der Waals surface area contributed by atoms with E-state index in [9.17, 15) is 4.39 Å². The molecule has 12 heavy (non-hydrogen) atoms. The minimum absolute atomic E-state index is 0.532. The number of likely N-dealkylation sites (tertiary alicyclic amines) is 1. The van der Waals surface area contributed by atoms with E-state index in [1.807, 2.05) is 13.8 Å². The standard InChI is InChI=1S/C8H16FN.C2H6/c1-7(2)10-5-3-8(9)4-6-10;1-2/h7-8H,3-6H2,1-2H3;1-2H3. The zero-order chi connectivity index (χ0) is 9.56. The Hall–Kier alpha value is -0.110. The maximum atomic E-state index is 12.6. The lowest BCUT2D eigenvalue weighted by Crippen LogP contribution is -2.38. The van der Waals surface area contributed by atoms with Crippen LogP contribution >= 0.6 is 0 Å². The number of halogens is 1. The fourth-order valence-corrected chi connectivity index (χ4v) is 1.38. The monoisotopic (exact) mass is 175 g/mol. The first-order chi connectivity index (χ1) is 5.70. The van der Waals surface area contributed by atoms with Gasteiger partial charge in [0.1, 0.15) is 6.17 Å². The molecule has 0 atom stereocenters. The molecule has 0 aromatic heterocycles. The molecule has 0 unspecified atom stereocenters. The lowest BCUT2D eigenvalue weighted by molar-refractivity contribution is 0.125. The van der Waals surface area contributed by atoms with Gasteiger partial charge in [-0.25, -0.2) is 4.39 Å². The van der Waals surface area contributed by atoms with Gasteiger partial charge in [0.05, 0.1) is 0 Å². The third kappa shape index (κ3) is 4.05. The zero-order valence-corrected chi connectivity index (χ0v) is 8.81. The van der Waals surface area contributed by atoms with Crippen molar-refractivity contribution in [2.24, 2.45) is 0 Å². The van der Waals surface area contributed by atoms with E-state index in [1.54, 1.807) is 0 Å². The highest BCUT2D eigenvalue weighted by atomic mass is 19.1. The van der Waals surface area contributed by atoms with Crippen molar-refractivity contribution in [3.05, 3.63) is 0 Å². The molecule has 1 aliphatic heterocycles. The Morgan fingerprint density at radius 3 is 1.92 bits per heavy atom. The van der Waals surface area contributed by atoms with Crippen LogP contribution in [0.4, 0.5) is 4.39 Å². The molecule has 0 spiro atoms. The number of nitrogens with zero attached hydrogens (tertiary/aromatic N) is 1. The van der Waals surface area contributed by atoms with Crippen molar-refractivity contribution in [3.8, 4) is 0 Å². The highest BCUT2D eigenvalue weighted by Gasteiger charge is 2.19. The normalized spacial score (nSPS) is 20.5. The molecule has 0 N–H and O–H groups in total. The quantitative estimate of drug-likeness (QED) is 0.592. The van der Waals surface area contributed by atoms with Gasteiger partial charge in [0.25, 0.3) is 0 Å². The Balaban J connectivity index is 0.000000561. The molecule has 2 heteroatoms. The summed E-state index contributed by atoms with van der Waals surface area (Å²) in [6.45, 7) is 10.2. The zero-order valence-electron chi connectivity index (χ0n) is 8.81. The lowest BCUT2D eigenvalue weighted by Gasteiger charge is -2.31. The summed E-state index contributed by atoms with van der Waals surface area (Å²) < 4.78 is 12.6. The number of rotatable bonds is 1. The molecule has 0 aromatic carbocycles. The van der Waals surface area contributed by atoms with Crippen molar-refractivity contribution in [2.45, 2.75) is 52.8 Å². The van der Waals surface area contributed by atoms with Crippen LogP contribution in [0.25, 0.3) is 0 Å². The predicted molar refractivity (Wildman–Crippen MR) is 52.2 cm³/mol. The van der Waals surface area contributed by atoms with Crippen LogP contribution < -0.4 is 0 Å². The molecule has 1 saturated heterocycles. The van der Waals surface area contributed by atoms with Crippen LogP contribution in [0.15, 0.2) is 0 Å². The number of piperidine rings is 1. The summed E-state index contributed by atoms with van der Waals surface area (Å²) in [5.41, 5.74) is 0. The molecule has 0 amide bonds. The molecule has 0 radical (unpaired) electrons. The van der Waals surface area contributed by atoms with Crippen molar-refractivity contribution in [2.75, 3.05) is 13.1 Å². The Morgan fingerprint density at radius 1 is 1.17 bits per heavy atom. The average Bonchev–Trinajstić information content (AvgIpc) is 2.09. The minimum atomic E-state index is -0.532. The van der Waals surface area contributed by atoms with Crippen LogP contribution in [0.5, 0.6) is 0 Å². The van der Waals surface area contributed by atoms with Gasteiger partial charge in [-0.15, -0.1) is 0 Å². The summed E-state index contributed by atoms with van der Waals surface area (Å²) in [5.74, 6) is 0. The molecule has 0 saturated carbocycles. The molecule has 0 bridgehead atoms. The van der Waals surface area contributed by atoms with Crippen LogP contribution in [0, 0.1) is 0 Å². The molecule has 1 aliphatic rings. The van der Waals surface area contributed by atoms with Crippen molar-refractivity contribution >= 4 is 0 Å². The van der Waals surface area contributed by atoms with Crippen molar-refractivity contribution in [3.63, 3.8) is 0 Å². The van der Waals surface area contributed by atoms with E-state index in [0.717, 1.165) is 25.9 Å². The average molecular weight is 175 g/mol. The van der Waals surface area contributed by atoms with Gasteiger partial charge in [-0.1, -0.05) is 13.8 Å². The van der Waals surface area contributed by atoms with Gasteiger partial charge in [0, 0.05) is 19.1 Å². The lowest BCUT2D eigenvalue weighted by atomic mass is 10.1. The third-order valence-electron chi connectivity index (χ3n) is 2.19. The Morgan fingerprint density at radius 2 is 1.58 bits per heavy atom. The molecule has 0 aliphatic carbocycles. The van der Waals surface area contributed by atoms with E-state index in [1.165, 1.54) is 0 Å². The molecule has 1 fully saturated rings. The van der Waals surface area contributed by atoms with Gasteiger partial charge in [-0.3, -0.25) is 0 Å². The second kappa shape index (κ2) is 6.41. The van der Waals surface area contributed by atoms with Crippen molar-refractivity contribution in [1.29, 1.82) is 0 Å². The summed E-state index contributed by atoms with van der Waals surface area (Å²) in [6, 6.07) is 0.590. The van der Waals surface area contributed by atoms with E-state index in [0.29, 0.717) is 6.04 Å². The van der Waals surface area contributed by atoms with Gasteiger partial charge >= 0.3 is 0 Å². The van der Waals surface area contributed by atoms with E-state index in [4.69, 9.17) is 0 Å². The van der Waals surface area contributed by atoms with E-state index in [2.05, 4.69) is 18.7 Å². The molecular formula is C10H22FN. The molecule has 0 aromatic rings. The number of hydrogen-bond donors (Lipinski definition) is 0. The Labute approximate surface area is 75.9 Å². The first-order valence-corrected chi connectivity index (χ1v) is 5.08. The van der Waals surface area contributed by atoms with Gasteiger partial charge in [-0.05, 0) is 26.7 Å². The smallest absolute Gasteiger partial charge is 0.103 e. The van der Waals surface area contributed by atoms with Gasteiger partial charge < -0.3 is 4.90 Å². The summed E-state index contributed by atoms with van der Waals surface area (Å²) in [6.07, 6.45) is 0.936. The number of alkyl halides is 1. The maximum Gasteiger partial charge on any atom is 0.103 e. The van der Waals surface area contributed by atoms with Gasteiger partial charge in [0.2, 0.25) is 0 Å². The first-order valence-electron chi connectivity index (χ1n) is 5.08. The van der Waals surface area contributed by atoms with Crippen LogP contribution in [-0.4, -0.2) is 30.2 Å². The third-order valence-corrected chi connectivity index (χ3v) is 2.19. The molecular weight excluding hydrogens is 153 g/mol. The largest absolute Gasteiger partial charge is 0.301 e. The van der Waals surface area contributed by atoms with Crippen molar-refractivity contribution < 1.29 is 4.39 Å². The van der Waals surface area contributed by atoms with E-state index >= 15 is 0 Å². The fourth-order valence-electron chi connectivity index (χ4n) is 1.38. The topological polar surface area (TPSA) is 3.24 Å². The molecule has 74 valence electrons. The Bertz CT molecular complexity index is 96.0. The molecule has 1 rings (SSSR count). The van der Waals surface area contributed by atoms with Crippen LogP contribution in [0.1, 0.15) is 40.5 Å². The Kier molecular flexibility index (Phi) is 6.35. The van der Waals surface area contributed by atoms with E-state index in [-0.39, 0.29) is 0 Å². The fraction of sp³-hybridized carbons (Fsp3) is 1.00. The molecule has 1 heterocycles. The SMILES string of the molecule is CC.CC(C)N1CCC(F)CC1. The highest BCUT2D eigenvalue weighted by molar-refractivity contribution is 4.73. The summed E-state index contributed by atoms with van der Waals surface area (Å²) >= 11 is 0. The van der Waals surface area contributed by atoms with Gasteiger partial charge in [-0.2, -0.15) is 0 Å². The van der Waals surface area contributed by atoms with Crippen LogP contribution in [-0.2, 0) is 0 Å². The second-order valence-corrected chi connectivity index (χ2v) is 3.30. The minimum Gasteiger partial charge on any atom is -0.301 e. The molecule has 1 nitrogen and oxygen atoms in total.